The molecule has 1 aliphatic rings. The number of rotatable bonds is 6. The Bertz CT molecular complexity index is 1460. The fraction of sp³-hybridized carbons (Fsp3) is 0.318. The van der Waals surface area contributed by atoms with Crippen molar-refractivity contribution in [3.8, 4) is 11.8 Å². The Kier molecular flexibility index (Phi) is 7.38. The van der Waals surface area contributed by atoms with Crippen LogP contribution >= 0.6 is 0 Å². The Morgan fingerprint density at radius 3 is 1.91 bits per heavy atom. The van der Waals surface area contributed by atoms with Crippen molar-refractivity contribution in [1.29, 1.82) is 0 Å². The lowest BCUT2D eigenvalue weighted by atomic mass is 10.4. The smallest absolute Gasteiger partial charge is 0.271 e. The lowest BCUT2D eigenvalue weighted by Crippen LogP contribution is -2.28. The molecule has 182 valence electrons. The predicted octanol–water partition coefficient (Wildman–Crippen LogP) is 0.172. The van der Waals surface area contributed by atoms with Crippen molar-refractivity contribution in [3.05, 3.63) is 57.4 Å². The average molecular weight is 482 g/mol. The summed E-state index contributed by atoms with van der Waals surface area (Å²) in [5.41, 5.74) is 1.37. The number of carbonyl (C=O) groups is 1. The van der Waals surface area contributed by atoms with Crippen molar-refractivity contribution in [2.45, 2.75) is 19.4 Å². The van der Waals surface area contributed by atoms with Gasteiger partial charge in [-0.15, -0.1) is 0 Å². The van der Waals surface area contributed by atoms with E-state index < -0.39 is 6.29 Å². The lowest BCUT2D eigenvalue weighted by molar-refractivity contribution is -0.108. The molecule has 1 fully saturated rings. The molecule has 1 saturated heterocycles. The van der Waals surface area contributed by atoms with Gasteiger partial charge in [0.25, 0.3) is 11.1 Å². The van der Waals surface area contributed by atoms with E-state index in [2.05, 4.69) is 19.9 Å². The summed E-state index contributed by atoms with van der Waals surface area (Å²) in [5, 5.41) is 0. The molecule has 13 nitrogen and oxygen atoms in total. The molecule has 0 aromatic carbocycles. The number of aldehydes is 1. The summed E-state index contributed by atoms with van der Waals surface area (Å²) in [5.74, 6) is 0.807. The average Bonchev–Trinajstić information content (AvgIpc) is 3.40. The van der Waals surface area contributed by atoms with Crippen LogP contribution in [0.25, 0.3) is 22.3 Å². The van der Waals surface area contributed by atoms with Crippen LogP contribution in [0.4, 0.5) is 0 Å². The highest BCUT2D eigenvalue weighted by Crippen LogP contribution is 2.15. The standard InChI is InChI=1S/C12H13N3O4.C10H9N3O3/c1-17-9-3-2-8-12(14-9)15(10(16)6-13-8)7-11-18-4-5-19-11;1-16-8-3-2-7-10(12-8)13(4-5-14)9(15)6-11-7/h2-3,6,11H,4-5,7H2,1H3;2-3,5-6H,4H2,1H3. The van der Waals surface area contributed by atoms with Gasteiger partial charge in [-0.2, -0.15) is 9.97 Å². The van der Waals surface area contributed by atoms with E-state index in [1.54, 1.807) is 24.3 Å². The minimum Gasteiger partial charge on any atom is -0.481 e. The first kappa shape index (κ1) is 23.9. The van der Waals surface area contributed by atoms with E-state index in [1.807, 2.05) is 0 Å². The Balaban J connectivity index is 0.000000168. The van der Waals surface area contributed by atoms with Crippen LogP contribution in [-0.4, -0.2) is 69.1 Å². The molecule has 0 N–H and O–H groups in total. The Morgan fingerprint density at radius 1 is 0.886 bits per heavy atom. The SMILES string of the molecule is COc1ccc2ncc(=O)n(CC3OCCO3)c2n1.COc1ccc2ncc(=O)n(CC=O)c2n1. The van der Waals surface area contributed by atoms with E-state index in [1.165, 1.54) is 35.7 Å². The van der Waals surface area contributed by atoms with Crippen LogP contribution in [0.15, 0.2) is 46.2 Å². The van der Waals surface area contributed by atoms with Crippen molar-refractivity contribution in [1.82, 2.24) is 29.1 Å². The predicted molar refractivity (Wildman–Crippen MR) is 122 cm³/mol. The molecule has 0 bridgehead atoms. The number of ether oxygens (including phenoxy) is 4. The molecule has 35 heavy (non-hydrogen) atoms. The molecule has 5 heterocycles. The minimum atomic E-state index is -0.420. The van der Waals surface area contributed by atoms with Gasteiger partial charge in [0, 0.05) is 12.1 Å². The Labute approximate surface area is 197 Å². The highest BCUT2D eigenvalue weighted by atomic mass is 16.7. The topological polar surface area (TPSA) is 150 Å². The van der Waals surface area contributed by atoms with Gasteiger partial charge in [0.05, 0.1) is 52.9 Å². The van der Waals surface area contributed by atoms with Crippen LogP contribution in [0.3, 0.4) is 0 Å². The highest BCUT2D eigenvalue weighted by Gasteiger charge is 2.19. The number of methoxy groups -OCH3 is 2. The molecule has 13 heteroatoms. The number of pyridine rings is 2. The van der Waals surface area contributed by atoms with Gasteiger partial charge in [0.15, 0.2) is 17.6 Å². The summed E-state index contributed by atoms with van der Waals surface area (Å²) in [6, 6.07) is 6.78. The maximum Gasteiger partial charge on any atom is 0.271 e. The zero-order valence-electron chi connectivity index (χ0n) is 19.0. The first-order valence-corrected chi connectivity index (χ1v) is 10.5. The summed E-state index contributed by atoms with van der Waals surface area (Å²) < 4.78 is 23.5. The van der Waals surface area contributed by atoms with Crippen LogP contribution in [0, 0.1) is 0 Å². The molecule has 0 atom stereocenters. The van der Waals surface area contributed by atoms with Crippen molar-refractivity contribution in [2.24, 2.45) is 0 Å². The Morgan fingerprint density at radius 2 is 1.40 bits per heavy atom. The zero-order valence-corrected chi connectivity index (χ0v) is 19.0. The lowest BCUT2D eigenvalue weighted by Gasteiger charge is -2.13. The number of hydrogen-bond donors (Lipinski definition) is 0. The van der Waals surface area contributed by atoms with Crippen molar-refractivity contribution in [3.63, 3.8) is 0 Å². The number of nitrogens with zero attached hydrogens (tertiary/aromatic N) is 6. The summed E-state index contributed by atoms with van der Waals surface area (Å²) in [4.78, 5) is 50.2. The quantitative estimate of drug-likeness (QED) is 0.346. The van der Waals surface area contributed by atoms with Crippen molar-refractivity contribution < 1.29 is 23.7 Å². The van der Waals surface area contributed by atoms with Gasteiger partial charge >= 0.3 is 0 Å². The van der Waals surface area contributed by atoms with E-state index in [0.717, 1.165) is 0 Å². The van der Waals surface area contributed by atoms with E-state index in [0.29, 0.717) is 53.6 Å². The maximum atomic E-state index is 11.9. The first-order chi connectivity index (χ1) is 17.0. The van der Waals surface area contributed by atoms with Gasteiger partial charge in [-0.3, -0.25) is 18.7 Å². The molecule has 4 aromatic heterocycles. The number of carbonyl (C=O) groups excluding carboxylic acids is 1. The number of hydrogen-bond acceptors (Lipinski definition) is 11. The minimum absolute atomic E-state index is 0.0436. The normalized spacial score (nSPS) is 13.4. The molecule has 0 amide bonds. The zero-order chi connectivity index (χ0) is 24.8. The monoisotopic (exact) mass is 482 g/mol. The van der Waals surface area contributed by atoms with Crippen molar-refractivity contribution >= 4 is 28.6 Å². The van der Waals surface area contributed by atoms with Crippen LogP contribution in [0.1, 0.15) is 0 Å². The third kappa shape index (κ3) is 5.31. The van der Waals surface area contributed by atoms with Crippen LogP contribution < -0.4 is 20.6 Å². The van der Waals surface area contributed by atoms with Gasteiger partial charge < -0.3 is 23.7 Å². The van der Waals surface area contributed by atoms with Gasteiger partial charge in [0.1, 0.15) is 17.3 Å². The molecule has 0 spiro atoms. The third-order valence-corrected chi connectivity index (χ3v) is 5.03. The summed E-state index contributed by atoms with van der Waals surface area (Å²) in [6.07, 6.45) is 2.66. The molecule has 0 radical (unpaired) electrons. The second-order valence-corrected chi connectivity index (χ2v) is 7.14. The van der Waals surface area contributed by atoms with Gasteiger partial charge in [-0.25, -0.2) is 9.97 Å². The second kappa shape index (κ2) is 10.8. The summed E-state index contributed by atoms with van der Waals surface area (Å²) >= 11 is 0. The highest BCUT2D eigenvalue weighted by molar-refractivity contribution is 5.72. The van der Waals surface area contributed by atoms with E-state index in [4.69, 9.17) is 18.9 Å². The number of aromatic nitrogens is 6. The maximum absolute atomic E-state index is 11.9. The molecule has 0 saturated carbocycles. The van der Waals surface area contributed by atoms with Crippen LogP contribution in [-0.2, 0) is 27.4 Å². The molecule has 1 aliphatic heterocycles. The molecule has 0 aliphatic carbocycles. The molecule has 5 rings (SSSR count). The summed E-state index contributed by atoms with van der Waals surface area (Å²) in [7, 11) is 3.00. The number of fused-ring (bicyclic) bond motifs is 2. The van der Waals surface area contributed by atoms with Crippen LogP contribution in [0.5, 0.6) is 11.8 Å². The van der Waals surface area contributed by atoms with E-state index >= 15 is 0 Å². The first-order valence-electron chi connectivity index (χ1n) is 10.5. The Hall–Kier alpha value is -4.23. The van der Waals surface area contributed by atoms with E-state index in [-0.39, 0.29) is 24.2 Å². The molecule has 0 unspecified atom stereocenters. The molecular weight excluding hydrogens is 460 g/mol. The van der Waals surface area contributed by atoms with Crippen LogP contribution in [0.2, 0.25) is 0 Å². The van der Waals surface area contributed by atoms with Crippen molar-refractivity contribution in [2.75, 3.05) is 27.4 Å². The third-order valence-electron chi connectivity index (χ3n) is 5.03. The second-order valence-electron chi connectivity index (χ2n) is 7.14. The fourth-order valence-electron chi connectivity index (χ4n) is 3.36. The van der Waals surface area contributed by atoms with Gasteiger partial charge in [-0.05, 0) is 12.1 Å². The molecular formula is C22H22N6O7. The van der Waals surface area contributed by atoms with Gasteiger partial charge in [0.2, 0.25) is 11.8 Å². The fourth-order valence-corrected chi connectivity index (χ4v) is 3.36. The van der Waals surface area contributed by atoms with E-state index in [9.17, 15) is 14.4 Å². The largest absolute Gasteiger partial charge is 0.481 e. The van der Waals surface area contributed by atoms with Gasteiger partial charge in [-0.1, -0.05) is 0 Å². The molecule has 4 aromatic rings. The summed E-state index contributed by atoms with van der Waals surface area (Å²) in [6.45, 7) is 1.33.